The Labute approximate surface area is 346 Å². The summed E-state index contributed by atoms with van der Waals surface area (Å²) >= 11 is 0. The maximum atomic E-state index is 2.56. The highest BCUT2D eigenvalue weighted by Gasteiger charge is 2.52. The van der Waals surface area contributed by atoms with Gasteiger partial charge in [-0.3, -0.25) is 0 Å². The predicted octanol–water partition coefficient (Wildman–Crippen LogP) is 15.1. The van der Waals surface area contributed by atoms with Crippen molar-refractivity contribution in [3.8, 4) is 55.6 Å². The highest BCUT2D eigenvalue weighted by Crippen LogP contribution is 2.65. The van der Waals surface area contributed by atoms with Gasteiger partial charge in [-0.1, -0.05) is 196 Å². The Morgan fingerprint density at radius 2 is 0.746 bits per heavy atom. The number of rotatable bonds is 5. The minimum atomic E-state index is -0.491. The minimum Gasteiger partial charge on any atom is -0.309 e. The maximum Gasteiger partial charge on any atom is 0.0726 e. The van der Waals surface area contributed by atoms with Crippen LogP contribution < -0.4 is 4.90 Å². The second-order valence-corrected chi connectivity index (χ2v) is 16.8. The van der Waals surface area contributed by atoms with E-state index >= 15 is 0 Å². The van der Waals surface area contributed by atoms with Gasteiger partial charge in [0.2, 0.25) is 0 Å². The minimum absolute atomic E-state index is 0.134. The normalized spacial score (nSPS) is 14.2. The second kappa shape index (κ2) is 12.6. The van der Waals surface area contributed by atoms with Crippen LogP contribution in [-0.4, -0.2) is 0 Å². The van der Waals surface area contributed by atoms with E-state index in [0.717, 1.165) is 5.69 Å². The van der Waals surface area contributed by atoms with Gasteiger partial charge < -0.3 is 4.90 Å². The number of hydrogen-bond donors (Lipinski definition) is 0. The van der Waals surface area contributed by atoms with Gasteiger partial charge in [0, 0.05) is 22.2 Å². The molecule has 0 saturated heterocycles. The Morgan fingerprint density at radius 1 is 0.305 bits per heavy atom. The zero-order valence-electron chi connectivity index (χ0n) is 33.2. The first-order chi connectivity index (χ1) is 29.0. The summed E-state index contributed by atoms with van der Waals surface area (Å²) in [6.45, 7) is 4.75. The van der Waals surface area contributed by atoms with Gasteiger partial charge in [0.05, 0.1) is 16.8 Å². The van der Waals surface area contributed by atoms with E-state index in [1.807, 2.05) is 0 Å². The third-order valence-corrected chi connectivity index (χ3v) is 13.5. The topological polar surface area (TPSA) is 3.24 Å². The molecule has 0 N–H and O–H groups in total. The number of nitrogens with zero attached hydrogens (tertiary/aromatic N) is 1. The van der Waals surface area contributed by atoms with E-state index in [2.05, 4.69) is 231 Å². The quantitative estimate of drug-likeness (QED) is 0.169. The molecule has 3 aliphatic carbocycles. The molecule has 0 unspecified atom stereocenters. The fraction of sp³-hybridized carbons (Fsp3) is 0.0690. The SMILES string of the molecule is CC1(C)c2ccccc2-c2c(N(c3ccc(-c4ccccc4)cc3)c3cccc4c3-c3ccc(-c5ccccc5)cc3C43c4ccccc4-c4ccccc43)cccc21. The fourth-order valence-electron chi connectivity index (χ4n) is 10.9. The first-order valence-corrected chi connectivity index (χ1v) is 20.8. The van der Waals surface area contributed by atoms with Crippen molar-refractivity contribution in [3.63, 3.8) is 0 Å². The molecule has 9 aromatic carbocycles. The van der Waals surface area contributed by atoms with E-state index in [0.29, 0.717) is 0 Å². The summed E-state index contributed by atoms with van der Waals surface area (Å²) in [6, 6.07) is 79.2. The van der Waals surface area contributed by atoms with Crippen LogP contribution >= 0.6 is 0 Å². The van der Waals surface area contributed by atoms with Gasteiger partial charge in [0.1, 0.15) is 0 Å². The highest BCUT2D eigenvalue weighted by atomic mass is 15.1. The molecule has 0 atom stereocenters. The molecule has 1 nitrogen and oxygen atoms in total. The monoisotopic (exact) mass is 751 g/mol. The van der Waals surface area contributed by atoms with Crippen molar-refractivity contribution < 1.29 is 0 Å². The van der Waals surface area contributed by atoms with Crippen molar-refractivity contribution in [2.24, 2.45) is 0 Å². The predicted molar refractivity (Wildman–Crippen MR) is 246 cm³/mol. The summed E-state index contributed by atoms with van der Waals surface area (Å²) in [7, 11) is 0. The molecule has 1 spiro atoms. The standard InChI is InChI=1S/C58H41N/c1-57(2)47-24-12-11-23-45(47)55-50(57)27-15-29-53(55)59(42-34-31-40(32-35-42)38-17-5-3-6-18-38)54-30-16-28-51-56(54)46-36-33-41(39-19-7-4-8-20-39)37-52(46)58(51)48-25-13-9-21-43(48)44-22-10-14-26-49(44)58/h3-37H,1-2H3. The van der Waals surface area contributed by atoms with Crippen molar-refractivity contribution >= 4 is 17.1 Å². The van der Waals surface area contributed by atoms with Crippen molar-refractivity contribution in [1.29, 1.82) is 0 Å². The van der Waals surface area contributed by atoms with Gasteiger partial charge >= 0.3 is 0 Å². The molecule has 0 amide bonds. The first-order valence-electron chi connectivity index (χ1n) is 20.8. The Balaban J connectivity index is 1.18. The van der Waals surface area contributed by atoms with Crippen LogP contribution in [-0.2, 0) is 10.8 Å². The molecule has 278 valence electrons. The van der Waals surface area contributed by atoms with Crippen molar-refractivity contribution in [3.05, 3.63) is 246 Å². The van der Waals surface area contributed by atoms with Crippen LogP contribution in [0.3, 0.4) is 0 Å². The molecule has 59 heavy (non-hydrogen) atoms. The van der Waals surface area contributed by atoms with Crippen molar-refractivity contribution in [1.82, 2.24) is 0 Å². The van der Waals surface area contributed by atoms with E-state index in [9.17, 15) is 0 Å². The number of anilines is 3. The molecule has 12 rings (SSSR count). The molecule has 3 aliphatic rings. The lowest BCUT2D eigenvalue weighted by Gasteiger charge is -2.32. The van der Waals surface area contributed by atoms with Crippen LogP contribution in [0.15, 0.2) is 212 Å². The highest BCUT2D eigenvalue weighted by molar-refractivity contribution is 6.04. The molecule has 0 bridgehead atoms. The maximum absolute atomic E-state index is 2.56. The Bertz CT molecular complexity index is 3070. The Kier molecular flexibility index (Phi) is 7.26. The van der Waals surface area contributed by atoms with Gasteiger partial charge in [-0.05, 0) is 108 Å². The zero-order chi connectivity index (χ0) is 39.3. The van der Waals surface area contributed by atoms with Gasteiger partial charge in [0.15, 0.2) is 0 Å². The van der Waals surface area contributed by atoms with Gasteiger partial charge in [-0.2, -0.15) is 0 Å². The van der Waals surface area contributed by atoms with Crippen LogP contribution in [0.5, 0.6) is 0 Å². The third kappa shape index (κ3) is 4.67. The van der Waals surface area contributed by atoms with Crippen LogP contribution in [0.4, 0.5) is 17.1 Å². The average molecular weight is 752 g/mol. The second-order valence-electron chi connectivity index (χ2n) is 16.8. The summed E-state index contributed by atoms with van der Waals surface area (Å²) in [4.78, 5) is 2.56. The summed E-state index contributed by atoms with van der Waals surface area (Å²) in [6.07, 6.45) is 0. The van der Waals surface area contributed by atoms with E-state index in [-0.39, 0.29) is 5.41 Å². The molecule has 0 radical (unpaired) electrons. The molecule has 0 heterocycles. The van der Waals surface area contributed by atoms with Gasteiger partial charge in [-0.15, -0.1) is 0 Å². The molecule has 0 aromatic heterocycles. The van der Waals surface area contributed by atoms with E-state index in [4.69, 9.17) is 0 Å². The van der Waals surface area contributed by atoms with Crippen molar-refractivity contribution in [2.75, 3.05) is 4.90 Å². The van der Waals surface area contributed by atoms with Gasteiger partial charge in [-0.25, -0.2) is 0 Å². The van der Waals surface area contributed by atoms with E-state index in [1.165, 1.54) is 100 Å². The summed E-state index contributed by atoms with van der Waals surface area (Å²) in [5, 5.41) is 0. The van der Waals surface area contributed by atoms with Crippen molar-refractivity contribution in [2.45, 2.75) is 24.7 Å². The molecule has 0 aliphatic heterocycles. The van der Waals surface area contributed by atoms with Crippen LogP contribution in [0, 0.1) is 0 Å². The lowest BCUT2D eigenvalue weighted by atomic mass is 9.70. The van der Waals surface area contributed by atoms with Crippen LogP contribution in [0.25, 0.3) is 55.6 Å². The molecule has 0 saturated carbocycles. The fourth-order valence-corrected chi connectivity index (χ4v) is 10.9. The average Bonchev–Trinajstić information content (AvgIpc) is 3.86. The molecular weight excluding hydrogens is 711 g/mol. The number of benzene rings is 9. The van der Waals surface area contributed by atoms with E-state index < -0.39 is 5.41 Å². The smallest absolute Gasteiger partial charge is 0.0726 e. The molecule has 1 heteroatoms. The van der Waals surface area contributed by atoms with Gasteiger partial charge in [0.25, 0.3) is 0 Å². The lowest BCUT2D eigenvalue weighted by molar-refractivity contribution is 0.660. The first kappa shape index (κ1) is 33.9. The number of fused-ring (bicyclic) bond motifs is 13. The molecule has 0 fully saturated rings. The number of hydrogen-bond acceptors (Lipinski definition) is 1. The van der Waals surface area contributed by atoms with Crippen LogP contribution in [0.1, 0.15) is 47.2 Å². The lowest BCUT2D eigenvalue weighted by Crippen LogP contribution is -2.26. The summed E-state index contributed by atoms with van der Waals surface area (Å²) in [5.41, 5.74) is 23.6. The van der Waals surface area contributed by atoms with Crippen LogP contribution in [0.2, 0.25) is 0 Å². The third-order valence-electron chi connectivity index (χ3n) is 13.5. The van der Waals surface area contributed by atoms with E-state index in [1.54, 1.807) is 0 Å². The summed E-state index contributed by atoms with van der Waals surface area (Å²) < 4.78 is 0. The molecular formula is C58H41N. The zero-order valence-corrected chi connectivity index (χ0v) is 33.2. The molecule has 9 aromatic rings. The Hall–Kier alpha value is -7.22. The Morgan fingerprint density at radius 3 is 1.37 bits per heavy atom. The largest absolute Gasteiger partial charge is 0.309 e. The summed E-state index contributed by atoms with van der Waals surface area (Å²) in [5.74, 6) is 0.